The van der Waals surface area contributed by atoms with Crippen molar-refractivity contribution in [3.8, 4) is 0 Å². The molecule has 2 nitrogen and oxygen atoms in total. The monoisotopic (exact) mass is 340 g/mol. The van der Waals surface area contributed by atoms with E-state index in [4.69, 9.17) is 4.98 Å². The lowest BCUT2D eigenvalue weighted by atomic mass is 9.83. The summed E-state index contributed by atoms with van der Waals surface area (Å²) in [6.45, 7) is 6.91. The van der Waals surface area contributed by atoms with E-state index < -0.39 is 0 Å². The number of aromatic nitrogens is 2. The zero-order valence-corrected chi connectivity index (χ0v) is 15.7. The summed E-state index contributed by atoms with van der Waals surface area (Å²) in [7, 11) is 0. The normalized spacial score (nSPS) is 19.9. The topological polar surface area (TPSA) is 17.3 Å². The molecule has 4 aromatic rings. The SMILES string of the molecule is CCCC1=CC(C)c2nc3c4ccccc4c4ccccc4n3c2C1C. The number of rotatable bonds is 2. The highest BCUT2D eigenvalue weighted by molar-refractivity contribution is 6.11. The van der Waals surface area contributed by atoms with Crippen molar-refractivity contribution in [3.05, 3.63) is 71.6 Å². The van der Waals surface area contributed by atoms with Crippen LogP contribution >= 0.6 is 0 Å². The van der Waals surface area contributed by atoms with Crippen molar-refractivity contribution in [2.24, 2.45) is 0 Å². The molecule has 0 bridgehead atoms. The summed E-state index contributed by atoms with van der Waals surface area (Å²) in [6, 6.07) is 17.4. The Hall–Kier alpha value is -2.61. The van der Waals surface area contributed by atoms with Crippen LogP contribution in [0, 0.1) is 0 Å². The molecule has 0 saturated carbocycles. The maximum atomic E-state index is 5.18. The van der Waals surface area contributed by atoms with Crippen molar-refractivity contribution in [3.63, 3.8) is 0 Å². The minimum absolute atomic E-state index is 0.375. The lowest BCUT2D eigenvalue weighted by molar-refractivity contribution is 0.697. The molecule has 26 heavy (non-hydrogen) atoms. The smallest absolute Gasteiger partial charge is 0.145 e. The van der Waals surface area contributed by atoms with Crippen molar-refractivity contribution in [1.29, 1.82) is 0 Å². The number of hydrogen-bond acceptors (Lipinski definition) is 1. The average molecular weight is 340 g/mol. The number of para-hydroxylation sites is 1. The highest BCUT2D eigenvalue weighted by Crippen LogP contribution is 2.42. The number of nitrogens with zero attached hydrogens (tertiary/aromatic N) is 2. The Morgan fingerprint density at radius 3 is 2.38 bits per heavy atom. The number of allylic oxidation sites excluding steroid dienone is 2. The van der Waals surface area contributed by atoms with Crippen LogP contribution in [-0.4, -0.2) is 9.38 Å². The molecular weight excluding hydrogens is 316 g/mol. The number of fused-ring (bicyclic) bond motifs is 8. The van der Waals surface area contributed by atoms with E-state index in [1.165, 1.54) is 45.9 Å². The zero-order valence-electron chi connectivity index (χ0n) is 15.7. The number of pyridine rings is 1. The van der Waals surface area contributed by atoms with Gasteiger partial charge in [-0.1, -0.05) is 81.3 Å². The Morgan fingerprint density at radius 1 is 0.923 bits per heavy atom. The molecule has 0 fully saturated rings. The first kappa shape index (κ1) is 15.6. The zero-order chi connectivity index (χ0) is 17.8. The first-order valence-electron chi connectivity index (χ1n) is 9.73. The third-order valence-corrected chi connectivity index (χ3v) is 5.94. The second-order valence-corrected chi connectivity index (χ2v) is 7.61. The summed E-state index contributed by atoms with van der Waals surface area (Å²) in [5, 5.41) is 3.85. The lowest BCUT2D eigenvalue weighted by Crippen LogP contribution is -2.12. The Balaban J connectivity index is 1.97. The highest BCUT2D eigenvalue weighted by atomic mass is 15.0. The molecule has 5 rings (SSSR count). The number of imidazole rings is 1. The van der Waals surface area contributed by atoms with Gasteiger partial charge in [-0.25, -0.2) is 4.98 Å². The van der Waals surface area contributed by atoms with Crippen LogP contribution in [-0.2, 0) is 0 Å². The molecule has 1 aliphatic carbocycles. The van der Waals surface area contributed by atoms with Crippen LogP contribution in [0.15, 0.2) is 60.2 Å². The van der Waals surface area contributed by atoms with E-state index in [1.54, 1.807) is 5.57 Å². The van der Waals surface area contributed by atoms with E-state index in [1.807, 2.05) is 0 Å². The lowest BCUT2D eigenvalue weighted by Gasteiger charge is -2.25. The predicted octanol–water partition coefficient (Wildman–Crippen LogP) is 6.59. The molecule has 0 saturated heterocycles. The maximum absolute atomic E-state index is 5.18. The summed E-state index contributed by atoms with van der Waals surface area (Å²) >= 11 is 0. The minimum Gasteiger partial charge on any atom is -0.295 e. The minimum atomic E-state index is 0.375. The number of benzene rings is 2. The molecule has 130 valence electrons. The molecule has 2 aromatic carbocycles. The van der Waals surface area contributed by atoms with Gasteiger partial charge in [0, 0.05) is 22.6 Å². The first-order valence-corrected chi connectivity index (χ1v) is 9.73. The third kappa shape index (κ3) is 2.02. The summed E-state index contributed by atoms with van der Waals surface area (Å²) in [5.74, 6) is 0.792. The fourth-order valence-corrected chi connectivity index (χ4v) is 4.74. The van der Waals surface area contributed by atoms with E-state index in [0.29, 0.717) is 11.8 Å². The van der Waals surface area contributed by atoms with Gasteiger partial charge in [-0.15, -0.1) is 0 Å². The van der Waals surface area contributed by atoms with E-state index in [-0.39, 0.29) is 0 Å². The van der Waals surface area contributed by atoms with Gasteiger partial charge >= 0.3 is 0 Å². The Kier molecular flexibility index (Phi) is 3.43. The molecule has 2 heteroatoms. The van der Waals surface area contributed by atoms with Crippen LogP contribution in [0.3, 0.4) is 0 Å². The van der Waals surface area contributed by atoms with Crippen molar-refractivity contribution >= 4 is 27.3 Å². The molecule has 1 aliphatic rings. The van der Waals surface area contributed by atoms with E-state index in [0.717, 1.165) is 5.65 Å². The van der Waals surface area contributed by atoms with Crippen LogP contribution in [0.4, 0.5) is 0 Å². The second kappa shape index (κ2) is 5.70. The molecule has 2 atom stereocenters. The summed E-state index contributed by atoms with van der Waals surface area (Å²) in [4.78, 5) is 5.18. The van der Waals surface area contributed by atoms with Crippen LogP contribution in [0.2, 0.25) is 0 Å². The average Bonchev–Trinajstić information content (AvgIpc) is 3.08. The van der Waals surface area contributed by atoms with Gasteiger partial charge in [-0.2, -0.15) is 0 Å². The van der Waals surface area contributed by atoms with Gasteiger partial charge in [0.1, 0.15) is 5.65 Å². The van der Waals surface area contributed by atoms with Gasteiger partial charge < -0.3 is 0 Å². The van der Waals surface area contributed by atoms with Gasteiger partial charge in [0.15, 0.2) is 0 Å². The molecule has 0 radical (unpaired) electrons. The highest BCUT2D eigenvalue weighted by Gasteiger charge is 2.29. The summed E-state index contributed by atoms with van der Waals surface area (Å²) in [5.41, 5.74) is 6.58. The van der Waals surface area contributed by atoms with E-state index >= 15 is 0 Å². The molecule has 0 N–H and O–H groups in total. The Morgan fingerprint density at radius 2 is 1.62 bits per heavy atom. The predicted molar refractivity (Wildman–Crippen MR) is 110 cm³/mol. The van der Waals surface area contributed by atoms with Crippen LogP contribution in [0.1, 0.15) is 56.8 Å². The molecule has 2 heterocycles. The largest absolute Gasteiger partial charge is 0.295 e. The Bertz CT molecular complexity index is 1180. The van der Waals surface area contributed by atoms with Crippen LogP contribution in [0.25, 0.3) is 27.3 Å². The van der Waals surface area contributed by atoms with Gasteiger partial charge in [0.25, 0.3) is 0 Å². The van der Waals surface area contributed by atoms with Gasteiger partial charge in [0.2, 0.25) is 0 Å². The van der Waals surface area contributed by atoms with E-state index in [9.17, 15) is 0 Å². The quantitative estimate of drug-likeness (QED) is 0.297. The molecule has 2 aromatic heterocycles. The Labute approximate surface area is 154 Å². The molecule has 0 spiro atoms. The summed E-state index contributed by atoms with van der Waals surface area (Å²) in [6.07, 6.45) is 4.82. The van der Waals surface area contributed by atoms with Crippen molar-refractivity contribution in [1.82, 2.24) is 9.38 Å². The molecule has 0 aliphatic heterocycles. The molecule has 2 unspecified atom stereocenters. The molecular formula is C24H24N2. The van der Waals surface area contributed by atoms with Crippen molar-refractivity contribution in [2.75, 3.05) is 0 Å². The second-order valence-electron chi connectivity index (χ2n) is 7.61. The van der Waals surface area contributed by atoms with Crippen molar-refractivity contribution < 1.29 is 0 Å². The standard InChI is InChI=1S/C24H24N2/c1-4-9-17-14-15(2)22-23(16(17)3)26-21-13-8-7-11-19(21)18-10-5-6-12-20(18)24(26)25-22/h5-8,10-16H,4,9H2,1-3H3. The van der Waals surface area contributed by atoms with Crippen molar-refractivity contribution in [2.45, 2.75) is 45.4 Å². The fourth-order valence-electron chi connectivity index (χ4n) is 4.74. The van der Waals surface area contributed by atoms with Gasteiger partial charge in [-0.3, -0.25) is 4.40 Å². The fraction of sp³-hybridized carbons (Fsp3) is 0.292. The first-order chi connectivity index (χ1) is 12.7. The van der Waals surface area contributed by atoms with Gasteiger partial charge in [-0.05, 0) is 17.9 Å². The maximum Gasteiger partial charge on any atom is 0.145 e. The van der Waals surface area contributed by atoms with Crippen LogP contribution < -0.4 is 0 Å². The van der Waals surface area contributed by atoms with E-state index in [2.05, 4.69) is 79.8 Å². The third-order valence-electron chi connectivity index (χ3n) is 5.94. The number of hydrogen-bond donors (Lipinski definition) is 0. The van der Waals surface area contributed by atoms with Gasteiger partial charge in [0.05, 0.1) is 16.9 Å². The molecule has 0 amide bonds. The summed E-state index contributed by atoms with van der Waals surface area (Å²) < 4.78 is 2.44. The van der Waals surface area contributed by atoms with Crippen LogP contribution in [0.5, 0.6) is 0 Å².